The van der Waals surface area contributed by atoms with Gasteiger partial charge >= 0.3 is 0 Å². The predicted molar refractivity (Wildman–Crippen MR) is 260 cm³/mol. The van der Waals surface area contributed by atoms with Gasteiger partial charge in [0, 0.05) is 110 Å². The zero-order valence-electron chi connectivity index (χ0n) is 38.6. The highest BCUT2D eigenvalue weighted by atomic mass is 16.2. The van der Waals surface area contributed by atoms with Crippen molar-refractivity contribution in [1.29, 1.82) is 0 Å². The van der Waals surface area contributed by atoms with Gasteiger partial charge in [-0.2, -0.15) is 0 Å². The lowest BCUT2D eigenvalue weighted by molar-refractivity contribution is -0.133. The minimum absolute atomic E-state index is 0.0162. The molecule has 1 aromatic carbocycles. The van der Waals surface area contributed by atoms with Crippen molar-refractivity contribution in [3.8, 4) is 0 Å². The third kappa shape index (κ3) is 13.8. The zero-order chi connectivity index (χ0) is 51.2. The maximum absolute atomic E-state index is 13.9. The van der Waals surface area contributed by atoms with Crippen LogP contribution in [0.5, 0.6) is 0 Å². The van der Waals surface area contributed by atoms with Gasteiger partial charge in [0.2, 0.25) is 0 Å². The van der Waals surface area contributed by atoms with Crippen molar-refractivity contribution < 1.29 is 9.59 Å². The van der Waals surface area contributed by atoms with E-state index in [0.29, 0.717) is 15.4 Å². The molecule has 5 rings (SSSR count). The fourth-order valence-electron chi connectivity index (χ4n) is 8.09. The Bertz CT molecular complexity index is 4570. The van der Waals surface area contributed by atoms with Crippen LogP contribution in [0, 0.1) is 16.7 Å². The van der Waals surface area contributed by atoms with E-state index in [-0.39, 0.29) is 44.5 Å². The van der Waals surface area contributed by atoms with Crippen molar-refractivity contribution in [3.05, 3.63) is 267 Å². The Kier molecular flexibility index (Phi) is 17.3. The molecule has 0 radical (unpaired) electrons. The molecule has 2 atom stereocenters. The molecule has 0 saturated heterocycles. The molecular formula is C62H29N3O6. The highest BCUT2D eigenvalue weighted by Gasteiger charge is 2.41. The van der Waals surface area contributed by atoms with Crippen molar-refractivity contribution in [2.75, 3.05) is 0 Å². The van der Waals surface area contributed by atoms with Crippen LogP contribution in [-0.4, -0.2) is 25.8 Å². The van der Waals surface area contributed by atoms with Gasteiger partial charge in [-0.25, -0.2) is 9.47 Å². The Morgan fingerprint density at radius 1 is 0.521 bits per heavy atom. The Labute approximate surface area is 405 Å². The average Bonchev–Trinajstić information content (AvgIpc) is 3.82. The van der Waals surface area contributed by atoms with E-state index in [1.807, 2.05) is 0 Å². The molecule has 2 unspecified atom stereocenters. The fraction of sp³-hybridized carbons (Fsp3) is 0.194. The summed E-state index contributed by atoms with van der Waals surface area (Å²) in [7, 11) is 0. The molecule has 0 bridgehead atoms. The molecule has 1 fully saturated rings. The molecule has 3 heterocycles. The van der Waals surface area contributed by atoms with Crippen molar-refractivity contribution in [2.24, 2.45) is 16.7 Å². The molecule has 2 aliphatic rings. The second-order valence-electron chi connectivity index (χ2n) is 16.2. The molecule has 1 aliphatic heterocycles. The van der Waals surface area contributed by atoms with Crippen LogP contribution < -0.4 is 22.2 Å². The molecule has 2 amide bonds. The van der Waals surface area contributed by atoms with Crippen LogP contribution in [0.2, 0.25) is 0 Å². The highest BCUT2D eigenvalue weighted by Crippen LogP contribution is 2.49. The molecule has 0 N–H and O–H groups in total. The summed E-state index contributed by atoms with van der Waals surface area (Å²) in [6, 6.07) is 2.44. The van der Waals surface area contributed by atoms with Gasteiger partial charge in [-0.3, -0.25) is 33.3 Å². The summed E-state index contributed by atoms with van der Waals surface area (Å²) >= 11 is 0. The first-order valence-electron chi connectivity index (χ1n) is 20.8. The van der Waals surface area contributed by atoms with E-state index in [1.165, 1.54) is 23.6 Å². The molecule has 1 aliphatic carbocycles. The van der Waals surface area contributed by atoms with Crippen LogP contribution in [0.4, 0.5) is 0 Å². The molecule has 9 heteroatoms. The number of hydrogen-bond acceptors (Lipinski definition) is 6. The maximum Gasteiger partial charge on any atom is 0.267 e. The number of aromatic nitrogens is 2. The Morgan fingerprint density at radius 2 is 0.859 bits per heavy atom. The van der Waals surface area contributed by atoms with E-state index in [2.05, 4.69) is 229 Å². The summed E-state index contributed by atoms with van der Waals surface area (Å²) < 4.78 is 1.76. The van der Waals surface area contributed by atoms with Gasteiger partial charge in [-0.1, -0.05) is 33.4 Å². The Morgan fingerprint density at radius 3 is 1.18 bits per heavy atom. The highest BCUT2D eigenvalue weighted by molar-refractivity contribution is 6.19. The van der Waals surface area contributed by atoms with Gasteiger partial charge in [0.25, 0.3) is 34.1 Å². The van der Waals surface area contributed by atoms with Crippen molar-refractivity contribution in [1.82, 2.24) is 14.0 Å². The molecule has 3 aromatic rings. The number of fused-ring (bicyclic) bond motifs is 2. The number of nitrogens with zero attached hydrogens (tertiary/aromatic N) is 3. The lowest BCUT2D eigenvalue weighted by atomic mass is 9.61. The van der Waals surface area contributed by atoms with Gasteiger partial charge in [-0.05, 0) is 159 Å². The van der Waals surface area contributed by atoms with Crippen LogP contribution in [0.3, 0.4) is 0 Å². The fourth-order valence-corrected chi connectivity index (χ4v) is 8.09. The van der Waals surface area contributed by atoms with Crippen LogP contribution in [0.1, 0.15) is 53.9 Å². The number of rotatable bonds is 4. The summed E-state index contributed by atoms with van der Waals surface area (Å²) in [5, 5.41) is -0.401. The van der Waals surface area contributed by atoms with Gasteiger partial charge < -0.3 is 0 Å². The third-order valence-corrected chi connectivity index (χ3v) is 9.89. The van der Waals surface area contributed by atoms with Crippen molar-refractivity contribution in [3.63, 3.8) is 0 Å². The monoisotopic (exact) mass is 911 g/mol. The van der Waals surface area contributed by atoms with E-state index in [4.69, 9.17) is 0 Å². The van der Waals surface area contributed by atoms with Crippen LogP contribution >= 0.6 is 0 Å². The Balaban J connectivity index is 1.49. The first-order valence-corrected chi connectivity index (χ1v) is 20.8. The summed E-state index contributed by atoms with van der Waals surface area (Å²) in [5.74, 6) is -1.83. The second kappa shape index (κ2) is 24.2. The third-order valence-electron chi connectivity index (χ3n) is 9.89. The number of hydrogen-bond donors (Lipinski definition) is 0. The minimum Gasteiger partial charge on any atom is -0.274 e. The van der Waals surface area contributed by atoms with Gasteiger partial charge in [0.05, 0.1) is 21.5 Å². The number of imide groups is 1. The SMILES string of the molecule is C=C=C=C=C=C=C=C=C=C=C=C=C=C=C=C=C=C=C=C=C=C=C=C=C=C=C=C=C=C=C=C=C=C=C=C(N1C(=O)C=C(C)C1=O)n1c(=O)c2cc3c(=O)n(CC4(C)CC(C)CC(C)(C)C4)c(=O)c3cc2c1=O. The summed E-state index contributed by atoms with van der Waals surface area (Å²) in [4.78, 5) is 82.0. The van der Waals surface area contributed by atoms with Crippen LogP contribution in [0.15, 0.2) is 244 Å². The second-order valence-corrected chi connectivity index (χ2v) is 16.2. The molecule has 328 valence electrons. The number of carbonyl (C=O) groups excluding carboxylic acids is 2. The van der Waals surface area contributed by atoms with Gasteiger partial charge in [0.1, 0.15) is 0 Å². The summed E-state index contributed by atoms with van der Waals surface area (Å²) in [6.07, 6.45) is 3.71. The summed E-state index contributed by atoms with van der Waals surface area (Å²) in [5.41, 5.74) is 80.7. The standard InChI is InChI=1S/C62H29N3O6/c1-7-8-9-10-11-12-13-14-15-16-17-18-19-20-21-22-23-24-25-26-27-28-29-30-31-32-33-34-35-36-37-38-39-40-54(64-55(66)41-49(3)56(64)67)65-59(70)52-42-50-51(43-53(52)60(65)71)58(69)63(57(50)68)47-62(6)45-48(2)44-61(4,5)46-62/h41-43,48H,1,44-47H2,2-6H3. The smallest absolute Gasteiger partial charge is 0.267 e. The predicted octanol–water partition coefficient (Wildman–Crippen LogP) is 7.78. The van der Waals surface area contributed by atoms with Crippen molar-refractivity contribution >= 4 is 39.2 Å². The average molecular weight is 912 g/mol. The topological polar surface area (TPSA) is 116 Å². The number of carbonyl (C=O) groups is 2. The van der Waals surface area contributed by atoms with Crippen LogP contribution in [0.25, 0.3) is 27.4 Å². The molecule has 0 spiro atoms. The van der Waals surface area contributed by atoms with Crippen LogP contribution in [-0.2, 0) is 16.1 Å². The van der Waals surface area contributed by atoms with Gasteiger partial charge in [0.15, 0.2) is 5.82 Å². The Hall–Kier alpha value is -11.4. The maximum atomic E-state index is 13.9. The lowest BCUT2D eigenvalue weighted by Gasteiger charge is -2.46. The lowest BCUT2D eigenvalue weighted by Crippen LogP contribution is -2.41. The molecule has 9 nitrogen and oxygen atoms in total. The number of amides is 2. The molecule has 1 saturated carbocycles. The largest absolute Gasteiger partial charge is 0.274 e. The normalized spacial score (nSPS) is 14.4. The van der Waals surface area contributed by atoms with E-state index in [9.17, 15) is 28.8 Å². The van der Waals surface area contributed by atoms with Crippen molar-refractivity contribution in [2.45, 2.75) is 60.4 Å². The van der Waals surface area contributed by atoms with E-state index < -0.39 is 39.9 Å². The minimum atomic E-state index is -0.945. The first-order chi connectivity index (χ1) is 34.2. The molecule has 2 aromatic heterocycles. The molecular weight excluding hydrogens is 883 g/mol. The summed E-state index contributed by atoms with van der Waals surface area (Å²) in [6.45, 7) is 13.5. The quantitative estimate of drug-likeness (QED) is 0.195. The van der Waals surface area contributed by atoms with E-state index in [1.54, 1.807) is 0 Å². The van der Waals surface area contributed by atoms with E-state index >= 15 is 0 Å². The van der Waals surface area contributed by atoms with E-state index in [0.717, 1.165) is 25.3 Å². The van der Waals surface area contributed by atoms with Gasteiger partial charge in [-0.15, -0.1) is 0 Å². The number of benzene rings is 1. The molecule has 71 heavy (non-hydrogen) atoms. The first kappa shape index (κ1) is 50.6. The zero-order valence-corrected chi connectivity index (χ0v) is 38.6.